The smallest absolute Gasteiger partial charge is 0.158 e. The molecule has 0 fully saturated rings. The van der Waals surface area contributed by atoms with E-state index in [0.717, 1.165) is 32.1 Å². The van der Waals surface area contributed by atoms with Crippen molar-refractivity contribution < 1.29 is 9.90 Å². The van der Waals surface area contributed by atoms with Crippen molar-refractivity contribution in [2.75, 3.05) is 0 Å². The topological polar surface area (TPSA) is 37.3 Å². The first-order valence-corrected chi connectivity index (χ1v) is 8.74. The van der Waals surface area contributed by atoms with Crippen molar-refractivity contribution >= 4 is 5.78 Å². The summed E-state index contributed by atoms with van der Waals surface area (Å²) >= 11 is 0. The minimum absolute atomic E-state index is 0.290. The van der Waals surface area contributed by atoms with E-state index >= 15 is 0 Å². The summed E-state index contributed by atoms with van der Waals surface area (Å²) in [4.78, 5) is 11.4. The molecule has 0 aliphatic heterocycles. The maximum atomic E-state index is 11.4. The minimum atomic E-state index is -0.417. The van der Waals surface area contributed by atoms with Crippen molar-refractivity contribution in [3.05, 3.63) is 23.3 Å². The van der Waals surface area contributed by atoms with E-state index in [-0.39, 0.29) is 0 Å². The van der Waals surface area contributed by atoms with Gasteiger partial charge in [-0.05, 0) is 63.9 Å². The molecule has 0 aromatic rings. The van der Waals surface area contributed by atoms with Crippen LogP contribution in [0.25, 0.3) is 0 Å². The van der Waals surface area contributed by atoms with Gasteiger partial charge in [0.15, 0.2) is 5.78 Å². The largest absolute Gasteiger partial charge is 0.389 e. The standard InChI is InChI=1S/C10H18O.C10H16O/c1-8(2)10(11)6-4-9(3)5-7-10;1-7(2)9-5-4-8(3)6-10(9)11/h4,8,11H,5-7H2,1-3H3;6-7,9H,4-5H2,1-3H3. The summed E-state index contributed by atoms with van der Waals surface area (Å²) in [7, 11) is 0. The second-order valence-corrected chi connectivity index (χ2v) is 7.80. The predicted octanol–water partition coefficient (Wildman–Crippen LogP) is 5.07. The van der Waals surface area contributed by atoms with E-state index in [9.17, 15) is 9.90 Å². The summed E-state index contributed by atoms with van der Waals surface area (Å²) < 4.78 is 0. The number of ketones is 1. The third-order valence-electron chi connectivity index (χ3n) is 5.24. The van der Waals surface area contributed by atoms with Gasteiger partial charge in [-0.25, -0.2) is 0 Å². The first-order chi connectivity index (χ1) is 10.2. The van der Waals surface area contributed by atoms with E-state index < -0.39 is 5.60 Å². The van der Waals surface area contributed by atoms with Crippen LogP contribution < -0.4 is 0 Å². The quantitative estimate of drug-likeness (QED) is 0.723. The lowest BCUT2D eigenvalue weighted by molar-refractivity contribution is -0.120. The zero-order chi connectivity index (χ0) is 16.9. The van der Waals surface area contributed by atoms with Gasteiger partial charge in [0.05, 0.1) is 5.60 Å². The first kappa shape index (κ1) is 19.2. The monoisotopic (exact) mass is 306 g/mol. The van der Waals surface area contributed by atoms with E-state index in [1.54, 1.807) is 0 Å². The molecule has 0 saturated heterocycles. The van der Waals surface area contributed by atoms with Gasteiger partial charge in [0.1, 0.15) is 0 Å². The van der Waals surface area contributed by atoms with Gasteiger partial charge in [0, 0.05) is 5.92 Å². The van der Waals surface area contributed by atoms with E-state index in [0.29, 0.717) is 23.5 Å². The number of rotatable bonds is 2. The summed E-state index contributed by atoms with van der Waals surface area (Å²) in [5.74, 6) is 1.51. The Bertz CT molecular complexity index is 443. The fourth-order valence-electron chi connectivity index (χ4n) is 3.10. The minimum Gasteiger partial charge on any atom is -0.389 e. The third kappa shape index (κ3) is 5.39. The molecule has 0 spiro atoms. The molecule has 22 heavy (non-hydrogen) atoms. The molecule has 0 bridgehead atoms. The van der Waals surface area contributed by atoms with Gasteiger partial charge in [-0.3, -0.25) is 4.79 Å². The Morgan fingerprint density at radius 1 is 1.14 bits per heavy atom. The Balaban J connectivity index is 0.000000220. The molecule has 2 rings (SSSR count). The molecule has 0 aromatic heterocycles. The fourth-order valence-corrected chi connectivity index (χ4v) is 3.10. The van der Waals surface area contributed by atoms with Crippen molar-refractivity contribution in [3.8, 4) is 0 Å². The molecule has 0 aromatic carbocycles. The van der Waals surface area contributed by atoms with Gasteiger partial charge in [-0.2, -0.15) is 0 Å². The van der Waals surface area contributed by atoms with E-state index in [1.807, 2.05) is 13.0 Å². The molecule has 126 valence electrons. The second kappa shape index (κ2) is 8.10. The van der Waals surface area contributed by atoms with E-state index in [2.05, 4.69) is 40.7 Å². The Morgan fingerprint density at radius 3 is 2.18 bits per heavy atom. The van der Waals surface area contributed by atoms with Crippen molar-refractivity contribution in [3.63, 3.8) is 0 Å². The molecule has 0 saturated carbocycles. The van der Waals surface area contributed by atoms with Crippen LogP contribution in [0, 0.1) is 17.8 Å². The maximum absolute atomic E-state index is 11.4. The second-order valence-electron chi connectivity index (χ2n) is 7.80. The lowest BCUT2D eigenvalue weighted by atomic mass is 9.78. The number of allylic oxidation sites excluding steroid dienone is 3. The molecule has 1 N–H and O–H groups in total. The van der Waals surface area contributed by atoms with Gasteiger partial charge >= 0.3 is 0 Å². The Hall–Kier alpha value is -0.890. The van der Waals surface area contributed by atoms with Crippen LogP contribution in [-0.2, 0) is 4.79 Å². The zero-order valence-electron chi connectivity index (χ0n) is 15.3. The summed E-state index contributed by atoms with van der Waals surface area (Å²) in [6.45, 7) is 12.6. The van der Waals surface area contributed by atoms with Gasteiger partial charge in [0.25, 0.3) is 0 Å². The van der Waals surface area contributed by atoms with Crippen LogP contribution in [0.2, 0.25) is 0 Å². The lowest BCUT2D eigenvalue weighted by Gasteiger charge is -2.34. The number of carbonyl (C=O) groups excluding carboxylic acids is 1. The Morgan fingerprint density at radius 2 is 1.77 bits per heavy atom. The van der Waals surface area contributed by atoms with Crippen molar-refractivity contribution in [2.45, 2.75) is 79.2 Å². The molecule has 2 aliphatic rings. The highest BCUT2D eigenvalue weighted by molar-refractivity contribution is 5.93. The highest BCUT2D eigenvalue weighted by Gasteiger charge is 2.31. The van der Waals surface area contributed by atoms with Crippen LogP contribution in [0.3, 0.4) is 0 Å². The zero-order valence-corrected chi connectivity index (χ0v) is 15.3. The van der Waals surface area contributed by atoms with E-state index in [4.69, 9.17) is 0 Å². The number of hydrogen-bond donors (Lipinski definition) is 1. The molecular formula is C20H34O2. The first-order valence-electron chi connectivity index (χ1n) is 8.74. The van der Waals surface area contributed by atoms with Crippen molar-refractivity contribution in [1.82, 2.24) is 0 Å². The maximum Gasteiger partial charge on any atom is 0.158 e. The molecule has 0 heterocycles. The number of aliphatic hydroxyl groups is 1. The number of hydrogen-bond acceptors (Lipinski definition) is 2. The fraction of sp³-hybridized carbons (Fsp3) is 0.750. The van der Waals surface area contributed by atoms with Crippen molar-refractivity contribution in [2.24, 2.45) is 17.8 Å². The lowest BCUT2D eigenvalue weighted by Crippen LogP contribution is -2.36. The highest BCUT2D eigenvalue weighted by Crippen LogP contribution is 2.33. The van der Waals surface area contributed by atoms with Crippen molar-refractivity contribution in [1.29, 1.82) is 0 Å². The molecule has 0 amide bonds. The average Bonchev–Trinajstić information content (AvgIpc) is 2.42. The molecule has 2 unspecified atom stereocenters. The average molecular weight is 306 g/mol. The summed E-state index contributed by atoms with van der Waals surface area (Å²) in [6.07, 6.45) is 8.99. The van der Waals surface area contributed by atoms with Gasteiger partial charge in [-0.1, -0.05) is 44.9 Å². The molecule has 2 atom stereocenters. The summed E-state index contributed by atoms with van der Waals surface area (Å²) in [5, 5.41) is 10.0. The van der Waals surface area contributed by atoms with Gasteiger partial charge in [0.2, 0.25) is 0 Å². The normalized spacial score (nSPS) is 29.0. The number of carbonyl (C=O) groups is 1. The summed E-state index contributed by atoms with van der Waals surface area (Å²) in [6, 6.07) is 0. The van der Waals surface area contributed by atoms with Crippen LogP contribution in [-0.4, -0.2) is 16.5 Å². The highest BCUT2D eigenvalue weighted by atomic mass is 16.3. The van der Waals surface area contributed by atoms with Crippen LogP contribution in [0.5, 0.6) is 0 Å². The van der Waals surface area contributed by atoms with E-state index in [1.165, 1.54) is 11.1 Å². The third-order valence-corrected chi connectivity index (χ3v) is 5.24. The van der Waals surface area contributed by atoms with Crippen LogP contribution >= 0.6 is 0 Å². The Labute approximate surface area is 136 Å². The Kier molecular flexibility index (Phi) is 7.05. The summed E-state index contributed by atoms with van der Waals surface area (Å²) in [5.41, 5.74) is 2.25. The molecule has 0 radical (unpaired) electrons. The van der Waals surface area contributed by atoms with Crippen LogP contribution in [0.15, 0.2) is 23.3 Å². The molecule has 2 aliphatic carbocycles. The molecule has 2 nitrogen and oxygen atoms in total. The SMILES string of the molecule is CC1=CC(=O)C(C(C)C)CC1.CC1=CCC(O)(C(C)C)CC1. The molecule has 2 heteroatoms. The molecular weight excluding hydrogens is 272 g/mol. The van der Waals surface area contributed by atoms with Crippen LogP contribution in [0.4, 0.5) is 0 Å². The van der Waals surface area contributed by atoms with Gasteiger partial charge in [-0.15, -0.1) is 0 Å². The van der Waals surface area contributed by atoms with Crippen LogP contribution in [0.1, 0.15) is 73.6 Å². The van der Waals surface area contributed by atoms with Gasteiger partial charge < -0.3 is 5.11 Å². The predicted molar refractivity (Wildman–Crippen MR) is 93.7 cm³/mol.